The Kier molecular flexibility index (Phi) is 3.94. The van der Waals surface area contributed by atoms with Crippen molar-refractivity contribution in [3.05, 3.63) is 18.0 Å². The third-order valence-corrected chi connectivity index (χ3v) is 4.21. The molecule has 0 radical (unpaired) electrons. The first-order valence-corrected chi connectivity index (χ1v) is 7.29. The smallest absolute Gasteiger partial charge is 0.222 e. The number of anilines is 1. The number of hydrogen-bond acceptors (Lipinski definition) is 5. The van der Waals surface area contributed by atoms with Crippen LogP contribution in [-0.4, -0.2) is 54.1 Å². The summed E-state index contributed by atoms with van der Waals surface area (Å²) < 4.78 is 0. The molecule has 2 fully saturated rings. The van der Waals surface area contributed by atoms with Crippen LogP contribution in [0.1, 0.15) is 30.7 Å². The first kappa shape index (κ1) is 12.8. The highest BCUT2D eigenvalue weighted by Crippen LogP contribution is 2.25. The molecule has 0 spiro atoms. The van der Waals surface area contributed by atoms with E-state index in [9.17, 15) is 0 Å². The van der Waals surface area contributed by atoms with E-state index in [4.69, 9.17) is 0 Å². The maximum absolute atomic E-state index is 4.48. The SMILES string of the molecule is CN1CCC(c2cnc(NC3CCNCC3)nc2)C1. The number of nitrogens with one attached hydrogen (secondary N) is 2. The van der Waals surface area contributed by atoms with Crippen molar-refractivity contribution in [2.24, 2.45) is 0 Å². The van der Waals surface area contributed by atoms with Crippen LogP contribution in [0.4, 0.5) is 5.95 Å². The molecule has 104 valence electrons. The molecule has 0 aromatic carbocycles. The summed E-state index contributed by atoms with van der Waals surface area (Å²) in [6.07, 6.45) is 7.53. The first-order chi connectivity index (χ1) is 9.31. The quantitative estimate of drug-likeness (QED) is 0.852. The van der Waals surface area contributed by atoms with Crippen molar-refractivity contribution < 1.29 is 0 Å². The van der Waals surface area contributed by atoms with Crippen molar-refractivity contribution in [2.45, 2.75) is 31.2 Å². The summed E-state index contributed by atoms with van der Waals surface area (Å²) >= 11 is 0. The molecule has 0 aliphatic carbocycles. The van der Waals surface area contributed by atoms with Crippen molar-refractivity contribution in [3.63, 3.8) is 0 Å². The lowest BCUT2D eigenvalue weighted by molar-refractivity contribution is 0.411. The molecule has 2 N–H and O–H groups in total. The van der Waals surface area contributed by atoms with E-state index in [0.29, 0.717) is 12.0 Å². The third kappa shape index (κ3) is 3.22. The predicted molar refractivity (Wildman–Crippen MR) is 76.4 cm³/mol. The monoisotopic (exact) mass is 261 g/mol. The van der Waals surface area contributed by atoms with E-state index < -0.39 is 0 Å². The van der Waals surface area contributed by atoms with Gasteiger partial charge in [0.05, 0.1) is 0 Å². The lowest BCUT2D eigenvalue weighted by Gasteiger charge is -2.23. The molecule has 5 heteroatoms. The lowest BCUT2D eigenvalue weighted by Crippen LogP contribution is -2.35. The Hall–Kier alpha value is -1.20. The molecule has 2 aliphatic rings. The molecular formula is C14H23N5. The second kappa shape index (κ2) is 5.84. The minimum atomic E-state index is 0.518. The van der Waals surface area contributed by atoms with Crippen LogP contribution in [0.3, 0.4) is 0 Å². The van der Waals surface area contributed by atoms with Gasteiger partial charge in [0.1, 0.15) is 0 Å². The van der Waals surface area contributed by atoms with Crippen molar-refractivity contribution in [3.8, 4) is 0 Å². The van der Waals surface area contributed by atoms with Gasteiger partial charge in [-0.3, -0.25) is 0 Å². The molecule has 2 saturated heterocycles. The number of likely N-dealkylation sites (N-methyl/N-ethyl adjacent to an activating group) is 1. The van der Waals surface area contributed by atoms with E-state index in [2.05, 4.69) is 32.5 Å². The Labute approximate surface area is 114 Å². The summed E-state index contributed by atoms with van der Waals surface area (Å²) in [4.78, 5) is 11.3. The molecule has 19 heavy (non-hydrogen) atoms. The van der Waals surface area contributed by atoms with E-state index in [1.54, 1.807) is 0 Å². The van der Waals surface area contributed by atoms with Crippen molar-refractivity contribution in [1.82, 2.24) is 20.2 Å². The van der Waals surface area contributed by atoms with Crippen LogP contribution in [0.2, 0.25) is 0 Å². The number of rotatable bonds is 3. The fourth-order valence-electron chi connectivity index (χ4n) is 2.98. The molecule has 0 bridgehead atoms. The fourth-order valence-corrected chi connectivity index (χ4v) is 2.98. The Balaban J connectivity index is 1.59. The molecule has 3 rings (SSSR count). The minimum absolute atomic E-state index is 0.518. The van der Waals surface area contributed by atoms with Gasteiger partial charge < -0.3 is 15.5 Å². The highest BCUT2D eigenvalue weighted by molar-refractivity contribution is 5.28. The summed E-state index contributed by atoms with van der Waals surface area (Å²) in [7, 11) is 2.17. The van der Waals surface area contributed by atoms with E-state index in [-0.39, 0.29) is 0 Å². The van der Waals surface area contributed by atoms with Crippen molar-refractivity contribution in [2.75, 3.05) is 38.5 Å². The molecule has 0 saturated carbocycles. The highest BCUT2D eigenvalue weighted by atomic mass is 15.1. The van der Waals surface area contributed by atoms with Crippen molar-refractivity contribution >= 4 is 5.95 Å². The summed E-state index contributed by atoms with van der Waals surface area (Å²) in [5.41, 5.74) is 1.28. The van der Waals surface area contributed by atoms with Gasteiger partial charge in [-0.25, -0.2) is 9.97 Å². The van der Waals surface area contributed by atoms with Crippen LogP contribution in [0, 0.1) is 0 Å². The molecule has 1 aromatic heterocycles. The largest absolute Gasteiger partial charge is 0.351 e. The normalized spacial score (nSPS) is 25.6. The van der Waals surface area contributed by atoms with Crippen LogP contribution >= 0.6 is 0 Å². The molecule has 2 aliphatic heterocycles. The van der Waals surface area contributed by atoms with E-state index in [0.717, 1.165) is 38.4 Å². The van der Waals surface area contributed by atoms with Gasteiger partial charge >= 0.3 is 0 Å². The molecule has 3 heterocycles. The number of nitrogens with zero attached hydrogens (tertiary/aromatic N) is 3. The molecular weight excluding hydrogens is 238 g/mol. The summed E-state index contributed by atoms with van der Waals surface area (Å²) in [6.45, 7) is 4.48. The Morgan fingerprint density at radius 2 is 1.95 bits per heavy atom. The number of aromatic nitrogens is 2. The van der Waals surface area contributed by atoms with Gasteiger partial charge in [-0.15, -0.1) is 0 Å². The van der Waals surface area contributed by atoms with Gasteiger partial charge in [0.2, 0.25) is 5.95 Å². The second-order valence-corrected chi connectivity index (χ2v) is 5.76. The van der Waals surface area contributed by atoms with Crippen LogP contribution < -0.4 is 10.6 Å². The standard InChI is InChI=1S/C14H23N5/c1-19-7-4-11(10-19)12-8-16-14(17-9-12)18-13-2-5-15-6-3-13/h8-9,11,13,15H,2-7,10H2,1H3,(H,16,17,18). The zero-order valence-electron chi connectivity index (χ0n) is 11.6. The number of likely N-dealkylation sites (tertiary alicyclic amines) is 1. The maximum atomic E-state index is 4.48. The molecule has 1 atom stereocenters. The second-order valence-electron chi connectivity index (χ2n) is 5.76. The predicted octanol–water partition coefficient (Wildman–Crippen LogP) is 1.06. The lowest BCUT2D eigenvalue weighted by atomic mass is 10.0. The van der Waals surface area contributed by atoms with Gasteiger partial charge in [-0.2, -0.15) is 0 Å². The van der Waals surface area contributed by atoms with Gasteiger partial charge in [0.15, 0.2) is 0 Å². The molecule has 1 aromatic rings. The Bertz CT molecular complexity index is 399. The number of hydrogen-bond donors (Lipinski definition) is 2. The van der Waals surface area contributed by atoms with E-state index in [1.807, 2.05) is 12.4 Å². The zero-order chi connectivity index (χ0) is 13.1. The van der Waals surface area contributed by atoms with E-state index >= 15 is 0 Å². The fraction of sp³-hybridized carbons (Fsp3) is 0.714. The van der Waals surface area contributed by atoms with E-state index in [1.165, 1.54) is 18.5 Å². The maximum Gasteiger partial charge on any atom is 0.222 e. The van der Waals surface area contributed by atoms with Crippen LogP contribution in [0.15, 0.2) is 12.4 Å². The first-order valence-electron chi connectivity index (χ1n) is 7.29. The average Bonchev–Trinajstić information content (AvgIpc) is 2.87. The summed E-state index contributed by atoms with van der Waals surface area (Å²) in [5.74, 6) is 1.39. The molecule has 1 unspecified atom stereocenters. The van der Waals surface area contributed by atoms with Crippen molar-refractivity contribution in [1.29, 1.82) is 0 Å². The summed E-state index contributed by atoms with van der Waals surface area (Å²) in [5, 5.41) is 6.80. The molecule has 0 amide bonds. The Morgan fingerprint density at radius 1 is 1.21 bits per heavy atom. The van der Waals surface area contributed by atoms with Crippen LogP contribution in [0.25, 0.3) is 0 Å². The average molecular weight is 261 g/mol. The van der Waals surface area contributed by atoms with Crippen LogP contribution in [0.5, 0.6) is 0 Å². The van der Waals surface area contributed by atoms with Crippen LogP contribution in [-0.2, 0) is 0 Å². The molecule has 5 nitrogen and oxygen atoms in total. The zero-order valence-corrected chi connectivity index (χ0v) is 11.6. The van der Waals surface area contributed by atoms with Gasteiger partial charge in [0, 0.05) is 30.9 Å². The van der Waals surface area contributed by atoms with Gasteiger partial charge in [-0.1, -0.05) is 0 Å². The number of piperidine rings is 1. The third-order valence-electron chi connectivity index (χ3n) is 4.21. The Morgan fingerprint density at radius 3 is 2.58 bits per heavy atom. The van der Waals surface area contributed by atoms with Gasteiger partial charge in [-0.05, 0) is 51.5 Å². The summed E-state index contributed by atoms with van der Waals surface area (Å²) in [6, 6.07) is 0.518. The highest BCUT2D eigenvalue weighted by Gasteiger charge is 2.21. The minimum Gasteiger partial charge on any atom is -0.351 e. The van der Waals surface area contributed by atoms with Gasteiger partial charge in [0.25, 0.3) is 0 Å². The topological polar surface area (TPSA) is 53.1 Å².